The summed E-state index contributed by atoms with van der Waals surface area (Å²) in [6, 6.07) is 5.86. The maximum Gasteiger partial charge on any atom is 0.236 e. The second-order valence-corrected chi connectivity index (χ2v) is 7.89. The summed E-state index contributed by atoms with van der Waals surface area (Å²) in [5.41, 5.74) is 0. The first-order valence-corrected chi connectivity index (χ1v) is 10.5. The summed E-state index contributed by atoms with van der Waals surface area (Å²) < 4.78 is 21.8. The van der Waals surface area contributed by atoms with E-state index in [-0.39, 0.29) is 24.8 Å². The summed E-state index contributed by atoms with van der Waals surface area (Å²) in [6.45, 7) is 2.04. The molecule has 1 aromatic heterocycles. The van der Waals surface area contributed by atoms with Crippen molar-refractivity contribution in [3.05, 3.63) is 29.9 Å². The zero-order valence-corrected chi connectivity index (χ0v) is 16.5. The second-order valence-electron chi connectivity index (χ2n) is 6.90. The Kier molecular flexibility index (Phi) is 5.90. The van der Waals surface area contributed by atoms with Crippen LogP contribution in [0.5, 0.6) is 17.2 Å². The molecule has 0 unspecified atom stereocenters. The molecule has 0 saturated heterocycles. The smallest absolute Gasteiger partial charge is 0.236 e. The van der Waals surface area contributed by atoms with Crippen molar-refractivity contribution in [2.75, 3.05) is 12.5 Å². The molecule has 1 aliphatic heterocycles. The van der Waals surface area contributed by atoms with Crippen LogP contribution in [0.15, 0.2) is 22.7 Å². The van der Waals surface area contributed by atoms with E-state index in [0.717, 1.165) is 42.9 Å². The summed E-state index contributed by atoms with van der Waals surface area (Å²) in [5, 5.41) is 6.85. The Labute approximate surface area is 167 Å². The number of rotatable bonds is 7. The number of aryl methyl sites for hydroxylation is 1. The molecule has 0 atom stereocenters. The van der Waals surface area contributed by atoms with E-state index < -0.39 is 0 Å². The molecule has 0 radical (unpaired) electrons. The number of carbonyl (C=O) groups is 1. The number of benzene rings is 1. The minimum Gasteiger partial charge on any atom is -0.490 e. The molecule has 0 bridgehead atoms. The Morgan fingerprint density at radius 1 is 1.25 bits per heavy atom. The lowest BCUT2D eigenvalue weighted by Gasteiger charge is -2.29. The maximum atomic E-state index is 12.1. The number of amides is 1. The highest BCUT2D eigenvalue weighted by molar-refractivity contribution is 7.99. The van der Waals surface area contributed by atoms with Gasteiger partial charge in [-0.1, -0.05) is 5.16 Å². The first kappa shape index (κ1) is 18.9. The van der Waals surface area contributed by atoms with Gasteiger partial charge in [-0.2, -0.15) is 4.98 Å². The van der Waals surface area contributed by atoms with Crippen LogP contribution < -0.4 is 19.5 Å². The molecular formula is C19H23N3O5S. The fourth-order valence-corrected chi connectivity index (χ4v) is 4.03. The van der Waals surface area contributed by atoms with Gasteiger partial charge in [0, 0.05) is 12.1 Å². The first-order chi connectivity index (χ1) is 13.7. The van der Waals surface area contributed by atoms with E-state index in [4.69, 9.17) is 18.7 Å². The van der Waals surface area contributed by atoms with Gasteiger partial charge in [0.15, 0.2) is 17.3 Å². The van der Waals surface area contributed by atoms with Gasteiger partial charge in [0.1, 0.15) is 5.75 Å². The van der Waals surface area contributed by atoms with Gasteiger partial charge in [-0.3, -0.25) is 4.79 Å². The van der Waals surface area contributed by atoms with Gasteiger partial charge in [0.2, 0.25) is 18.6 Å². The average molecular weight is 405 g/mol. The highest BCUT2D eigenvalue weighted by Gasteiger charge is 2.24. The number of carbonyl (C=O) groups excluding carboxylic acids is 1. The highest BCUT2D eigenvalue weighted by atomic mass is 32.2. The first-order valence-electron chi connectivity index (χ1n) is 9.38. The van der Waals surface area contributed by atoms with E-state index in [1.54, 1.807) is 6.92 Å². The topological polar surface area (TPSA) is 95.7 Å². The Balaban J connectivity index is 1.15. The molecule has 2 aliphatic rings. The Morgan fingerprint density at radius 3 is 2.86 bits per heavy atom. The lowest BCUT2D eigenvalue weighted by Crippen LogP contribution is -2.40. The Morgan fingerprint density at radius 2 is 2.07 bits per heavy atom. The van der Waals surface area contributed by atoms with Gasteiger partial charge in [0.05, 0.1) is 17.6 Å². The van der Waals surface area contributed by atoms with Crippen LogP contribution in [-0.2, 0) is 10.5 Å². The molecular weight excluding hydrogens is 382 g/mol. The van der Waals surface area contributed by atoms with E-state index in [9.17, 15) is 4.79 Å². The van der Waals surface area contributed by atoms with Gasteiger partial charge in [-0.25, -0.2) is 0 Å². The summed E-state index contributed by atoms with van der Waals surface area (Å²) in [7, 11) is 0. The van der Waals surface area contributed by atoms with E-state index in [2.05, 4.69) is 15.5 Å². The molecule has 1 aliphatic carbocycles. The molecule has 9 heteroatoms. The van der Waals surface area contributed by atoms with E-state index in [1.165, 1.54) is 11.8 Å². The normalized spacial score (nSPS) is 20.8. The molecule has 1 aromatic carbocycles. The summed E-state index contributed by atoms with van der Waals surface area (Å²) in [5.74, 6) is 4.42. The van der Waals surface area contributed by atoms with Gasteiger partial charge in [0.25, 0.3) is 0 Å². The van der Waals surface area contributed by atoms with Crippen LogP contribution in [0.25, 0.3) is 0 Å². The number of hydrogen-bond acceptors (Lipinski definition) is 8. The minimum absolute atomic E-state index is 0.0429. The number of nitrogens with zero attached hydrogens (tertiary/aromatic N) is 2. The molecule has 8 nitrogen and oxygen atoms in total. The number of fused-ring (bicyclic) bond motifs is 1. The number of hydrogen-bond donors (Lipinski definition) is 1. The van der Waals surface area contributed by atoms with Crippen molar-refractivity contribution in [1.82, 2.24) is 15.5 Å². The van der Waals surface area contributed by atoms with Crippen molar-refractivity contribution in [3.8, 4) is 17.2 Å². The SMILES string of the molecule is Cc1noc(CSCC(=O)NC2CCC(Oc3ccc4c(c3)OCO4)CC2)n1. The third-order valence-electron chi connectivity index (χ3n) is 4.71. The molecule has 1 amide bonds. The van der Waals surface area contributed by atoms with Crippen LogP contribution >= 0.6 is 11.8 Å². The highest BCUT2D eigenvalue weighted by Crippen LogP contribution is 2.36. The molecule has 2 heterocycles. The molecule has 4 rings (SSSR count). The van der Waals surface area contributed by atoms with Crippen LogP contribution in [0.3, 0.4) is 0 Å². The van der Waals surface area contributed by atoms with E-state index in [0.29, 0.717) is 23.2 Å². The molecule has 1 saturated carbocycles. The molecule has 1 N–H and O–H groups in total. The number of nitrogens with one attached hydrogen (secondary N) is 1. The zero-order valence-electron chi connectivity index (χ0n) is 15.7. The van der Waals surface area contributed by atoms with E-state index in [1.807, 2.05) is 18.2 Å². The summed E-state index contributed by atoms with van der Waals surface area (Å²) >= 11 is 1.47. The molecule has 1 fully saturated rings. The van der Waals surface area contributed by atoms with Crippen molar-refractivity contribution < 1.29 is 23.5 Å². The van der Waals surface area contributed by atoms with Gasteiger partial charge < -0.3 is 24.1 Å². The van der Waals surface area contributed by atoms with Gasteiger partial charge >= 0.3 is 0 Å². The standard InChI is InChI=1S/C19H23N3O5S/c1-12-20-19(27-22-12)10-28-9-18(23)21-13-2-4-14(5-3-13)26-15-6-7-16-17(8-15)25-11-24-16/h6-8,13-14H,2-5,9-11H2,1H3,(H,21,23). The lowest BCUT2D eigenvalue weighted by atomic mass is 9.93. The van der Waals surface area contributed by atoms with Crippen molar-refractivity contribution in [3.63, 3.8) is 0 Å². The van der Waals surface area contributed by atoms with Gasteiger partial charge in [-0.15, -0.1) is 11.8 Å². The average Bonchev–Trinajstić information content (AvgIpc) is 3.31. The predicted octanol–water partition coefficient (Wildman–Crippen LogP) is 2.85. The maximum absolute atomic E-state index is 12.1. The minimum atomic E-state index is 0.0429. The van der Waals surface area contributed by atoms with Gasteiger partial charge in [-0.05, 0) is 44.7 Å². The third-order valence-corrected chi connectivity index (χ3v) is 5.63. The van der Waals surface area contributed by atoms with Crippen LogP contribution in [0.2, 0.25) is 0 Å². The summed E-state index contributed by atoms with van der Waals surface area (Å²) in [6.07, 6.45) is 3.80. The Hall–Kier alpha value is -2.42. The van der Waals surface area contributed by atoms with Crippen molar-refractivity contribution in [1.29, 1.82) is 0 Å². The van der Waals surface area contributed by atoms with Crippen LogP contribution in [0, 0.1) is 6.92 Å². The lowest BCUT2D eigenvalue weighted by molar-refractivity contribution is -0.119. The Bertz CT molecular complexity index is 820. The summed E-state index contributed by atoms with van der Waals surface area (Å²) in [4.78, 5) is 16.3. The zero-order chi connectivity index (χ0) is 19.3. The fraction of sp³-hybridized carbons (Fsp3) is 0.526. The molecule has 2 aromatic rings. The number of ether oxygens (including phenoxy) is 3. The molecule has 150 valence electrons. The number of thioether (sulfide) groups is 1. The molecule has 0 spiro atoms. The second kappa shape index (κ2) is 8.72. The van der Waals surface area contributed by atoms with Crippen molar-refractivity contribution in [2.45, 2.75) is 50.5 Å². The van der Waals surface area contributed by atoms with Crippen molar-refractivity contribution in [2.24, 2.45) is 0 Å². The van der Waals surface area contributed by atoms with Crippen LogP contribution in [0.1, 0.15) is 37.4 Å². The largest absolute Gasteiger partial charge is 0.490 e. The molecule has 28 heavy (non-hydrogen) atoms. The van der Waals surface area contributed by atoms with Crippen molar-refractivity contribution >= 4 is 17.7 Å². The fourth-order valence-electron chi connectivity index (χ4n) is 3.37. The third kappa shape index (κ3) is 4.89. The van der Waals surface area contributed by atoms with E-state index >= 15 is 0 Å². The monoisotopic (exact) mass is 405 g/mol. The quantitative estimate of drug-likeness (QED) is 0.751. The van der Waals surface area contributed by atoms with Crippen LogP contribution in [-0.4, -0.2) is 40.7 Å². The van der Waals surface area contributed by atoms with Crippen LogP contribution in [0.4, 0.5) is 0 Å². The number of aromatic nitrogens is 2. The predicted molar refractivity (Wildman–Crippen MR) is 103 cm³/mol.